The lowest BCUT2D eigenvalue weighted by Gasteiger charge is -2.21. The number of ether oxygens (including phenoxy) is 2. The van der Waals surface area contributed by atoms with E-state index in [4.69, 9.17) is 14.7 Å². The van der Waals surface area contributed by atoms with Crippen molar-refractivity contribution in [3.63, 3.8) is 0 Å². The van der Waals surface area contributed by atoms with E-state index < -0.39 is 0 Å². The summed E-state index contributed by atoms with van der Waals surface area (Å²) in [5, 5.41) is 8.84. The van der Waals surface area contributed by atoms with Crippen LogP contribution in [0.1, 0.15) is 19.4 Å². The van der Waals surface area contributed by atoms with Gasteiger partial charge in [-0.2, -0.15) is 5.26 Å². The first-order valence-corrected chi connectivity index (χ1v) is 6.64. The van der Waals surface area contributed by atoms with Gasteiger partial charge in [0.1, 0.15) is 0 Å². The van der Waals surface area contributed by atoms with Gasteiger partial charge >= 0.3 is 0 Å². The van der Waals surface area contributed by atoms with Gasteiger partial charge in [0, 0.05) is 19.2 Å². The molecule has 112 valence electrons. The number of benzene rings is 1. The molecule has 1 aromatic carbocycles. The van der Waals surface area contributed by atoms with Crippen LogP contribution in [0, 0.1) is 11.3 Å². The SMILES string of the molecule is C=C(C)CN(CC)C(=O)COc1ccc(C#N)cc1OC. The number of nitrogens with zero attached hydrogens (tertiary/aromatic N) is 2. The molecule has 1 amide bonds. The third-order valence-corrected chi connectivity index (χ3v) is 2.84. The van der Waals surface area contributed by atoms with Gasteiger partial charge in [0.15, 0.2) is 18.1 Å². The van der Waals surface area contributed by atoms with Crippen molar-refractivity contribution in [3.8, 4) is 17.6 Å². The number of amides is 1. The van der Waals surface area contributed by atoms with Crippen LogP contribution in [0.3, 0.4) is 0 Å². The van der Waals surface area contributed by atoms with Crippen molar-refractivity contribution in [3.05, 3.63) is 35.9 Å². The monoisotopic (exact) mass is 288 g/mol. The molecule has 0 fully saturated rings. The van der Waals surface area contributed by atoms with Crippen LogP contribution in [0.5, 0.6) is 11.5 Å². The molecule has 0 aliphatic rings. The zero-order valence-corrected chi connectivity index (χ0v) is 12.7. The number of likely N-dealkylation sites (N-methyl/N-ethyl adjacent to an activating group) is 1. The molecular weight excluding hydrogens is 268 g/mol. The minimum absolute atomic E-state index is 0.0800. The standard InChI is InChI=1S/C16H20N2O3/c1-5-18(10-12(2)3)16(19)11-21-14-7-6-13(9-17)8-15(14)20-4/h6-8H,2,5,10-11H2,1,3-4H3. The highest BCUT2D eigenvalue weighted by Gasteiger charge is 2.14. The topological polar surface area (TPSA) is 62.6 Å². The van der Waals surface area contributed by atoms with Crippen LogP contribution in [-0.2, 0) is 4.79 Å². The van der Waals surface area contributed by atoms with E-state index in [0.29, 0.717) is 30.2 Å². The highest BCUT2D eigenvalue weighted by Crippen LogP contribution is 2.27. The fraction of sp³-hybridized carbons (Fsp3) is 0.375. The predicted molar refractivity (Wildman–Crippen MR) is 80.3 cm³/mol. The highest BCUT2D eigenvalue weighted by molar-refractivity contribution is 5.78. The molecule has 0 spiro atoms. The molecule has 0 unspecified atom stereocenters. The van der Waals surface area contributed by atoms with Gasteiger partial charge in [-0.05, 0) is 26.0 Å². The summed E-state index contributed by atoms with van der Waals surface area (Å²) in [6.45, 7) is 8.62. The first-order chi connectivity index (χ1) is 10.0. The van der Waals surface area contributed by atoms with Gasteiger partial charge in [-0.25, -0.2) is 0 Å². The molecule has 0 saturated heterocycles. The number of hydrogen-bond acceptors (Lipinski definition) is 4. The number of carbonyl (C=O) groups is 1. The first-order valence-electron chi connectivity index (χ1n) is 6.64. The average molecular weight is 288 g/mol. The van der Waals surface area contributed by atoms with E-state index in [-0.39, 0.29) is 12.5 Å². The Morgan fingerprint density at radius 3 is 2.67 bits per heavy atom. The van der Waals surface area contributed by atoms with Crippen molar-refractivity contribution in [1.82, 2.24) is 4.90 Å². The molecule has 0 saturated carbocycles. The van der Waals surface area contributed by atoms with Crippen LogP contribution in [0.25, 0.3) is 0 Å². The van der Waals surface area contributed by atoms with Gasteiger partial charge in [-0.15, -0.1) is 0 Å². The molecule has 0 bridgehead atoms. The molecule has 1 rings (SSSR count). The maximum atomic E-state index is 12.1. The van der Waals surface area contributed by atoms with Crippen LogP contribution in [0.2, 0.25) is 0 Å². The second-order valence-corrected chi connectivity index (χ2v) is 4.63. The van der Waals surface area contributed by atoms with E-state index in [1.54, 1.807) is 23.1 Å². The van der Waals surface area contributed by atoms with Crippen LogP contribution in [0.4, 0.5) is 0 Å². The second kappa shape index (κ2) is 7.95. The Kier molecular flexibility index (Phi) is 6.28. The van der Waals surface area contributed by atoms with Gasteiger partial charge in [0.25, 0.3) is 5.91 Å². The zero-order valence-electron chi connectivity index (χ0n) is 12.7. The van der Waals surface area contributed by atoms with E-state index in [9.17, 15) is 4.79 Å². The summed E-state index contributed by atoms with van der Waals surface area (Å²) >= 11 is 0. The van der Waals surface area contributed by atoms with Crippen molar-refractivity contribution in [1.29, 1.82) is 5.26 Å². The normalized spacial score (nSPS) is 9.62. The van der Waals surface area contributed by atoms with Crippen molar-refractivity contribution >= 4 is 5.91 Å². The van der Waals surface area contributed by atoms with Gasteiger partial charge in [0.2, 0.25) is 0 Å². The van der Waals surface area contributed by atoms with Gasteiger partial charge in [0.05, 0.1) is 18.7 Å². The molecule has 0 aliphatic heterocycles. The van der Waals surface area contributed by atoms with E-state index in [1.807, 2.05) is 19.9 Å². The highest BCUT2D eigenvalue weighted by atomic mass is 16.5. The lowest BCUT2D eigenvalue weighted by Crippen LogP contribution is -2.35. The van der Waals surface area contributed by atoms with E-state index in [0.717, 1.165) is 5.57 Å². The average Bonchev–Trinajstić information content (AvgIpc) is 2.49. The second-order valence-electron chi connectivity index (χ2n) is 4.63. The molecule has 0 radical (unpaired) electrons. The van der Waals surface area contributed by atoms with Crippen LogP contribution in [0.15, 0.2) is 30.4 Å². The molecule has 0 N–H and O–H groups in total. The molecule has 0 heterocycles. The van der Waals surface area contributed by atoms with E-state index >= 15 is 0 Å². The quantitative estimate of drug-likeness (QED) is 0.723. The summed E-state index contributed by atoms with van der Waals surface area (Å²) in [6.07, 6.45) is 0. The molecule has 0 aliphatic carbocycles. The lowest BCUT2D eigenvalue weighted by molar-refractivity contribution is -0.132. The van der Waals surface area contributed by atoms with Crippen molar-refractivity contribution in [2.75, 3.05) is 26.8 Å². The summed E-state index contributed by atoms with van der Waals surface area (Å²) < 4.78 is 10.7. The first kappa shape index (κ1) is 16.6. The zero-order chi connectivity index (χ0) is 15.8. The van der Waals surface area contributed by atoms with Crippen LogP contribution >= 0.6 is 0 Å². The van der Waals surface area contributed by atoms with Gasteiger partial charge in [-0.1, -0.05) is 12.2 Å². The van der Waals surface area contributed by atoms with Crippen molar-refractivity contribution in [2.45, 2.75) is 13.8 Å². The Hall–Kier alpha value is -2.48. The summed E-state index contributed by atoms with van der Waals surface area (Å²) in [5.41, 5.74) is 1.39. The Labute approximate surface area is 125 Å². The number of carbonyl (C=O) groups excluding carboxylic acids is 1. The molecule has 5 nitrogen and oxygen atoms in total. The Morgan fingerprint density at radius 2 is 2.14 bits per heavy atom. The Balaban J connectivity index is 2.72. The number of rotatable bonds is 7. The molecule has 0 atom stereocenters. The van der Waals surface area contributed by atoms with Crippen LogP contribution < -0.4 is 9.47 Å². The number of nitriles is 1. The fourth-order valence-electron chi connectivity index (χ4n) is 1.79. The van der Waals surface area contributed by atoms with Gasteiger partial charge in [-0.3, -0.25) is 4.79 Å². The molecule has 21 heavy (non-hydrogen) atoms. The van der Waals surface area contributed by atoms with E-state index in [1.165, 1.54) is 7.11 Å². The van der Waals surface area contributed by atoms with Crippen LogP contribution in [-0.4, -0.2) is 37.6 Å². The number of methoxy groups -OCH3 is 1. The third-order valence-electron chi connectivity index (χ3n) is 2.84. The molecular formula is C16H20N2O3. The molecule has 0 aromatic heterocycles. The lowest BCUT2D eigenvalue weighted by atomic mass is 10.2. The van der Waals surface area contributed by atoms with E-state index in [2.05, 4.69) is 6.58 Å². The summed E-state index contributed by atoms with van der Waals surface area (Å²) in [7, 11) is 1.49. The molecule has 5 heteroatoms. The van der Waals surface area contributed by atoms with Crippen molar-refractivity contribution < 1.29 is 14.3 Å². The van der Waals surface area contributed by atoms with Gasteiger partial charge < -0.3 is 14.4 Å². The minimum Gasteiger partial charge on any atom is -0.493 e. The Bertz CT molecular complexity index is 561. The Morgan fingerprint density at radius 1 is 1.43 bits per heavy atom. The number of hydrogen-bond donors (Lipinski definition) is 0. The predicted octanol–water partition coefficient (Wildman–Crippen LogP) is 2.37. The summed E-state index contributed by atoms with van der Waals surface area (Å²) in [6, 6.07) is 6.84. The summed E-state index contributed by atoms with van der Waals surface area (Å²) in [5.74, 6) is 0.757. The summed E-state index contributed by atoms with van der Waals surface area (Å²) in [4.78, 5) is 13.7. The largest absolute Gasteiger partial charge is 0.493 e. The smallest absolute Gasteiger partial charge is 0.260 e. The fourth-order valence-corrected chi connectivity index (χ4v) is 1.79. The van der Waals surface area contributed by atoms with Crippen molar-refractivity contribution in [2.24, 2.45) is 0 Å². The maximum absolute atomic E-state index is 12.1. The minimum atomic E-state index is -0.119. The third kappa shape index (κ3) is 4.84. The molecule has 1 aromatic rings. The maximum Gasteiger partial charge on any atom is 0.260 e.